The summed E-state index contributed by atoms with van der Waals surface area (Å²) in [6, 6.07) is 6.28. The maximum atomic E-state index is 13.0. The van der Waals surface area contributed by atoms with Crippen LogP contribution in [-0.4, -0.2) is 34.3 Å². The number of fused-ring (bicyclic) bond motifs is 1. The number of aromatic nitrogens is 2. The maximum Gasteiger partial charge on any atom is 0.416 e. The third-order valence-corrected chi connectivity index (χ3v) is 5.04. The molecule has 10 heteroatoms. The lowest BCUT2D eigenvalue weighted by atomic mass is 10.2. The number of carbonyl (C=O) groups is 2. The Morgan fingerprint density at radius 2 is 2.00 bits per heavy atom. The predicted octanol–water partition coefficient (Wildman–Crippen LogP) is 4.10. The zero-order chi connectivity index (χ0) is 21.3. The van der Waals surface area contributed by atoms with E-state index in [0.717, 1.165) is 23.5 Å². The molecule has 0 saturated carbocycles. The number of halogens is 3. The average Bonchev–Trinajstić information content (AvgIpc) is 3.19. The van der Waals surface area contributed by atoms with E-state index in [-0.39, 0.29) is 16.6 Å². The van der Waals surface area contributed by atoms with Crippen molar-refractivity contribution in [3.63, 3.8) is 0 Å². The fourth-order valence-corrected chi connectivity index (χ4v) is 3.78. The molecule has 1 N–H and O–H groups in total. The molecule has 0 saturated heterocycles. The molecular formula is C19H18F3N3O3S. The number of hydrogen-bond donors (Lipinski definition) is 1. The van der Waals surface area contributed by atoms with Crippen molar-refractivity contribution in [2.24, 2.45) is 0 Å². The summed E-state index contributed by atoms with van der Waals surface area (Å²) in [6.07, 6.45) is -4.47. The Balaban J connectivity index is 1.88. The number of hydrogen-bond acceptors (Lipinski definition) is 5. The highest BCUT2D eigenvalue weighted by Crippen LogP contribution is 2.33. The second-order valence-corrected chi connectivity index (χ2v) is 7.70. The van der Waals surface area contributed by atoms with Gasteiger partial charge >= 0.3 is 12.1 Å². The van der Waals surface area contributed by atoms with Crippen LogP contribution in [0.5, 0.6) is 0 Å². The van der Waals surface area contributed by atoms with Crippen LogP contribution < -0.4 is 5.32 Å². The molecule has 3 rings (SSSR count). The number of rotatable bonds is 5. The second kappa shape index (κ2) is 7.86. The Morgan fingerprint density at radius 3 is 2.66 bits per heavy atom. The van der Waals surface area contributed by atoms with E-state index in [2.05, 4.69) is 10.4 Å². The van der Waals surface area contributed by atoms with E-state index >= 15 is 0 Å². The van der Waals surface area contributed by atoms with Gasteiger partial charge in [0, 0.05) is 11.4 Å². The standard InChI is InChI=1S/C19H18F3N3O3S/c1-10(2)23-16(26)9-28-18(27)15-8-14-11(3)24-25(17(14)29-15)13-6-4-5-12(7-13)19(20,21)22/h4-8,10H,9H2,1-3H3,(H,23,26). The van der Waals surface area contributed by atoms with E-state index < -0.39 is 30.2 Å². The molecule has 0 bridgehead atoms. The van der Waals surface area contributed by atoms with Crippen molar-refractivity contribution in [1.82, 2.24) is 15.1 Å². The van der Waals surface area contributed by atoms with E-state index in [1.54, 1.807) is 26.8 Å². The van der Waals surface area contributed by atoms with Crippen molar-refractivity contribution in [1.29, 1.82) is 0 Å². The van der Waals surface area contributed by atoms with Crippen LogP contribution in [0.15, 0.2) is 30.3 Å². The number of benzene rings is 1. The summed E-state index contributed by atoms with van der Waals surface area (Å²) in [5.41, 5.74) is 0.00456. The average molecular weight is 425 g/mol. The highest BCUT2D eigenvalue weighted by Gasteiger charge is 2.31. The molecule has 0 spiro atoms. The van der Waals surface area contributed by atoms with Gasteiger partial charge in [-0.3, -0.25) is 4.79 Å². The number of aryl methyl sites for hydroxylation is 1. The first-order chi connectivity index (χ1) is 13.6. The molecule has 0 aliphatic carbocycles. The van der Waals surface area contributed by atoms with Gasteiger partial charge in [-0.1, -0.05) is 6.07 Å². The van der Waals surface area contributed by atoms with Gasteiger partial charge in [-0.05, 0) is 45.0 Å². The van der Waals surface area contributed by atoms with Gasteiger partial charge in [-0.15, -0.1) is 11.3 Å². The normalized spacial score (nSPS) is 11.8. The van der Waals surface area contributed by atoms with Crippen LogP contribution in [0.2, 0.25) is 0 Å². The van der Waals surface area contributed by atoms with Gasteiger partial charge in [-0.25, -0.2) is 9.48 Å². The van der Waals surface area contributed by atoms with Gasteiger partial charge in [0.25, 0.3) is 5.91 Å². The molecule has 0 fully saturated rings. The number of alkyl halides is 3. The van der Waals surface area contributed by atoms with Crippen molar-refractivity contribution in [2.45, 2.75) is 33.0 Å². The van der Waals surface area contributed by atoms with E-state index in [0.29, 0.717) is 15.9 Å². The summed E-state index contributed by atoms with van der Waals surface area (Å²) >= 11 is 1.04. The Kier molecular flexibility index (Phi) is 5.65. The van der Waals surface area contributed by atoms with Crippen LogP contribution in [-0.2, 0) is 15.7 Å². The SMILES string of the molecule is Cc1nn(-c2cccc(C(F)(F)F)c2)c2sc(C(=O)OCC(=O)NC(C)C)cc12. The minimum Gasteiger partial charge on any atom is -0.451 e. The molecule has 2 heterocycles. The highest BCUT2D eigenvalue weighted by molar-refractivity contribution is 7.20. The smallest absolute Gasteiger partial charge is 0.416 e. The van der Waals surface area contributed by atoms with Crippen LogP contribution in [0, 0.1) is 6.92 Å². The lowest BCUT2D eigenvalue weighted by molar-refractivity contribution is -0.137. The molecule has 3 aromatic rings. The summed E-state index contributed by atoms with van der Waals surface area (Å²) in [4.78, 5) is 24.7. The minimum absolute atomic E-state index is 0.0772. The third kappa shape index (κ3) is 4.58. The van der Waals surface area contributed by atoms with Crippen LogP contribution in [0.4, 0.5) is 13.2 Å². The summed E-state index contributed by atoms with van der Waals surface area (Å²) < 4.78 is 45.5. The molecule has 154 valence electrons. The molecule has 1 aromatic carbocycles. The molecule has 0 unspecified atom stereocenters. The zero-order valence-corrected chi connectivity index (χ0v) is 16.6. The molecule has 29 heavy (non-hydrogen) atoms. The van der Waals surface area contributed by atoms with Crippen molar-refractivity contribution in [3.05, 3.63) is 46.5 Å². The highest BCUT2D eigenvalue weighted by atomic mass is 32.1. The fourth-order valence-electron chi connectivity index (χ4n) is 2.70. The summed E-state index contributed by atoms with van der Waals surface area (Å²) in [5.74, 6) is -1.10. The summed E-state index contributed by atoms with van der Waals surface area (Å²) in [7, 11) is 0. The number of esters is 1. The number of thiophene rings is 1. The molecule has 0 radical (unpaired) electrons. The lowest BCUT2D eigenvalue weighted by Gasteiger charge is -2.09. The minimum atomic E-state index is -4.47. The lowest BCUT2D eigenvalue weighted by Crippen LogP contribution is -2.33. The van der Waals surface area contributed by atoms with Crippen molar-refractivity contribution >= 4 is 33.4 Å². The van der Waals surface area contributed by atoms with Gasteiger partial charge in [0.1, 0.15) is 9.71 Å². The van der Waals surface area contributed by atoms with E-state index in [4.69, 9.17) is 4.74 Å². The molecule has 0 aliphatic heterocycles. The topological polar surface area (TPSA) is 73.2 Å². The molecule has 6 nitrogen and oxygen atoms in total. The van der Waals surface area contributed by atoms with Crippen molar-refractivity contribution in [3.8, 4) is 5.69 Å². The molecule has 0 aliphatic rings. The quantitative estimate of drug-likeness (QED) is 0.625. The number of nitrogens with one attached hydrogen (secondary N) is 1. The van der Waals surface area contributed by atoms with Gasteiger partial charge in [0.05, 0.1) is 16.9 Å². The van der Waals surface area contributed by atoms with Crippen molar-refractivity contribution < 1.29 is 27.5 Å². The van der Waals surface area contributed by atoms with E-state index in [9.17, 15) is 22.8 Å². The number of amides is 1. The predicted molar refractivity (Wildman–Crippen MR) is 102 cm³/mol. The fraction of sp³-hybridized carbons (Fsp3) is 0.316. The monoisotopic (exact) mass is 425 g/mol. The summed E-state index contributed by atoms with van der Waals surface area (Å²) in [6.45, 7) is 4.86. The summed E-state index contributed by atoms with van der Waals surface area (Å²) in [5, 5.41) is 7.53. The molecule has 1 amide bonds. The van der Waals surface area contributed by atoms with E-state index in [1.807, 2.05) is 0 Å². The van der Waals surface area contributed by atoms with Gasteiger partial charge in [0.15, 0.2) is 6.61 Å². The number of carbonyl (C=O) groups excluding carboxylic acids is 2. The number of nitrogens with zero attached hydrogens (tertiary/aromatic N) is 2. The van der Waals surface area contributed by atoms with Crippen LogP contribution in [0.3, 0.4) is 0 Å². The van der Waals surface area contributed by atoms with Gasteiger partial charge in [0.2, 0.25) is 0 Å². The zero-order valence-electron chi connectivity index (χ0n) is 15.8. The van der Waals surface area contributed by atoms with Gasteiger partial charge < -0.3 is 10.1 Å². The first-order valence-corrected chi connectivity index (χ1v) is 9.51. The van der Waals surface area contributed by atoms with Crippen LogP contribution in [0.25, 0.3) is 15.9 Å². The van der Waals surface area contributed by atoms with Crippen molar-refractivity contribution in [2.75, 3.05) is 6.61 Å². The Labute approximate surface area is 168 Å². The first-order valence-electron chi connectivity index (χ1n) is 8.69. The molecule has 0 atom stereocenters. The molecule has 2 aromatic heterocycles. The Bertz CT molecular complexity index is 1070. The van der Waals surface area contributed by atoms with Crippen LogP contribution in [0.1, 0.15) is 34.8 Å². The van der Waals surface area contributed by atoms with E-state index in [1.165, 1.54) is 16.8 Å². The second-order valence-electron chi connectivity index (χ2n) is 6.67. The third-order valence-electron chi connectivity index (χ3n) is 3.95. The first kappa shape index (κ1) is 20.8. The Hall–Kier alpha value is -2.88. The Morgan fingerprint density at radius 1 is 1.28 bits per heavy atom. The van der Waals surface area contributed by atoms with Crippen LogP contribution >= 0.6 is 11.3 Å². The number of ether oxygens (including phenoxy) is 1. The van der Waals surface area contributed by atoms with Gasteiger partial charge in [-0.2, -0.15) is 18.3 Å². The maximum absolute atomic E-state index is 13.0. The largest absolute Gasteiger partial charge is 0.451 e. The molecular weight excluding hydrogens is 407 g/mol.